The van der Waals surface area contributed by atoms with Crippen molar-refractivity contribution in [1.29, 1.82) is 0 Å². The highest BCUT2D eigenvalue weighted by Crippen LogP contribution is 2.29. The first-order chi connectivity index (χ1) is 8.58. The molecule has 0 fully saturated rings. The van der Waals surface area contributed by atoms with Gasteiger partial charge in [0, 0.05) is 16.8 Å². The Kier molecular flexibility index (Phi) is 3.83. The summed E-state index contributed by atoms with van der Waals surface area (Å²) in [6.45, 7) is 1.98. The van der Waals surface area contributed by atoms with E-state index in [1.807, 2.05) is 31.2 Å². The van der Waals surface area contributed by atoms with Gasteiger partial charge in [-0.25, -0.2) is 0 Å². The lowest BCUT2D eigenvalue weighted by atomic mass is 10.2. The average molecular weight is 283 g/mol. The molecule has 1 heterocycles. The van der Waals surface area contributed by atoms with Crippen molar-refractivity contribution in [3.05, 3.63) is 29.8 Å². The molecule has 2 rings (SSSR count). The first-order valence-corrected chi connectivity index (χ1v) is 6.86. The summed E-state index contributed by atoms with van der Waals surface area (Å²) in [6.07, 6.45) is 0. The highest BCUT2D eigenvalue weighted by Gasteiger charge is 2.24. The van der Waals surface area contributed by atoms with Crippen molar-refractivity contribution in [3.63, 3.8) is 0 Å². The van der Waals surface area contributed by atoms with Gasteiger partial charge >= 0.3 is 11.8 Å². The number of rotatable bonds is 4. The number of carboxylic acid groups (broad SMARTS) is 1. The molecule has 0 radical (unpaired) electrons. The highest BCUT2D eigenvalue weighted by molar-refractivity contribution is 8.01. The van der Waals surface area contributed by atoms with Gasteiger partial charge in [-0.2, -0.15) is 0 Å². The fourth-order valence-corrected chi connectivity index (χ4v) is 2.77. The third kappa shape index (κ3) is 2.80. The van der Waals surface area contributed by atoms with Crippen LogP contribution in [0.3, 0.4) is 0 Å². The molecule has 0 amide bonds. The second-order valence-electron chi connectivity index (χ2n) is 3.61. The van der Waals surface area contributed by atoms with Crippen LogP contribution in [0.25, 0.3) is 5.69 Å². The molecule has 2 aromatic rings. The Bertz CT molecular complexity index is 566. The lowest BCUT2D eigenvalue weighted by Gasteiger charge is -1.92. The van der Waals surface area contributed by atoms with E-state index in [4.69, 9.17) is 5.11 Å². The van der Waals surface area contributed by atoms with E-state index in [9.17, 15) is 9.90 Å². The zero-order chi connectivity index (χ0) is 13.1. The first kappa shape index (κ1) is 12.8. The molecule has 2 N–H and O–H groups in total. The summed E-state index contributed by atoms with van der Waals surface area (Å²) in [5.41, 5.74) is 1.87. The van der Waals surface area contributed by atoms with Crippen LogP contribution in [0, 0.1) is 6.92 Å². The Balaban J connectivity index is 2.25. The van der Waals surface area contributed by atoms with Gasteiger partial charge in [-0.1, -0.05) is 29.5 Å². The molecule has 0 bridgehead atoms. The monoisotopic (exact) mass is 283 g/mol. The van der Waals surface area contributed by atoms with Gasteiger partial charge < -0.3 is 10.2 Å². The Hall–Kier alpha value is -1.60. The standard InChI is InChI=1S/C11H10N2O3S2/c1-7-2-4-8(5-3-7)13-10(16)11(18-12-13)17-6-9(14)15/h2-5H,6H2,1H3,(H-,14,15,16)/p+1. The minimum atomic E-state index is -0.922. The number of aryl methyl sites for hydroxylation is 1. The van der Waals surface area contributed by atoms with Crippen molar-refractivity contribution in [2.75, 3.05) is 5.75 Å². The average Bonchev–Trinajstić information content (AvgIpc) is 2.69. The van der Waals surface area contributed by atoms with Crippen molar-refractivity contribution in [2.24, 2.45) is 0 Å². The number of aromatic nitrogens is 2. The number of hydrogen-bond donors (Lipinski definition) is 2. The van der Waals surface area contributed by atoms with Crippen molar-refractivity contribution in [2.45, 2.75) is 11.1 Å². The van der Waals surface area contributed by atoms with Gasteiger partial charge in [0.15, 0.2) is 0 Å². The van der Waals surface area contributed by atoms with Crippen LogP contribution >= 0.6 is 23.3 Å². The molecule has 5 nitrogen and oxygen atoms in total. The summed E-state index contributed by atoms with van der Waals surface area (Å²) in [7, 11) is 0. The van der Waals surface area contributed by atoms with E-state index in [-0.39, 0.29) is 11.6 Å². The van der Waals surface area contributed by atoms with Crippen LogP contribution in [0.2, 0.25) is 0 Å². The fraction of sp³-hybridized carbons (Fsp3) is 0.182. The molecule has 94 valence electrons. The van der Waals surface area contributed by atoms with Crippen molar-refractivity contribution >= 4 is 29.3 Å². The predicted molar refractivity (Wildman–Crippen MR) is 68.4 cm³/mol. The molecule has 0 unspecified atom stereocenters. The summed E-state index contributed by atoms with van der Waals surface area (Å²) < 4.78 is 5.98. The summed E-state index contributed by atoms with van der Waals surface area (Å²) >= 11 is 2.14. The largest absolute Gasteiger partial charge is 0.481 e. The van der Waals surface area contributed by atoms with Gasteiger partial charge in [-0.15, -0.1) is 0 Å². The van der Waals surface area contributed by atoms with Gasteiger partial charge in [-0.3, -0.25) is 4.79 Å². The SMILES string of the molecule is Cc1ccc(-[n+]2nsc(SCC(=O)O)c2O)cc1. The number of carbonyl (C=O) groups is 1. The van der Waals surface area contributed by atoms with Crippen LogP contribution in [0.1, 0.15) is 5.56 Å². The van der Waals surface area contributed by atoms with Crippen molar-refractivity contribution < 1.29 is 19.7 Å². The lowest BCUT2D eigenvalue weighted by molar-refractivity contribution is -0.658. The van der Waals surface area contributed by atoms with E-state index in [1.54, 1.807) is 0 Å². The Morgan fingerprint density at radius 2 is 2.11 bits per heavy atom. The van der Waals surface area contributed by atoms with Crippen molar-refractivity contribution in [3.8, 4) is 11.6 Å². The maximum absolute atomic E-state index is 10.5. The second-order valence-corrected chi connectivity index (χ2v) is 5.61. The molecule has 0 saturated heterocycles. The third-order valence-electron chi connectivity index (χ3n) is 2.19. The Morgan fingerprint density at radius 3 is 2.72 bits per heavy atom. The van der Waals surface area contributed by atoms with Crippen LogP contribution in [-0.4, -0.2) is 26.4 Å². The number of benzene rings is 1. The fourth-order valence-electron chi connectivity index (χ4n) is 1.32. The first-order valence-electron chi connectivity index (χ1n) is 5.10. The second kappa shape index (κ2) is 5.36. The van der Waals surface area contributed by atoms with Crippen LogP contribution in [-0.2, 0) is 4.79 Å². The van der Waals surface area contributed by atoms with E-state index >= 15 is 0 Å². The number of thioether (sulfide) groups is 1. The molecule has 0 saturated carbocycles. The third-order valence-corrected chi connectivity index (χ3v) is 4.20. The number of aliphatic carboxylic acids is 1. The minimum absolute atomic E-state index is 0.0184. The number of nitrogens with zero attached hydrogens (tertiary/aromatic N) is 2. The van der Waals surface area contributed by atoms with Crippen LogP contribution in [0.15, 0.2) is 28.5 Å². The molecule has 7 heteroatoms. The van der Waals surface area contributed by atoms with Gasteiger partial charge in [0.2, 0.25) is 9.90 Å². The summed E-state index contributed by atoms with van der Waals surface area (Å²) in [5.74, 6) is -1.03. The molecule has 1 aromatic carbocycles. The molecule has 18 heavy (non-hydrogen) atoms. The molecule has 0 spiro atoms. The molecule has 0 aliphatic rings. The zero-order valence-electron chi connectivity index (χ0n) is 9.53. The Labute approximate surface area is 112 Å². The smallest absolute Gasteiger partial charge is 0.424 e. The van der Waals surface area contributed by atoms with Crippen molar-refractivity contribution in [1.82, 2.24) is 4.49 Å². The highest BCUT2D eigenvalue weighted by atomic mass is 32.2. The molecule has 1 aromatic heterocycles. The maximum atomic E-state index is 10.5. The Morgan fingerprint density at radius 1 is 1.44 bits per heavy atom. The molecule has 0 atom stereocenters. The number of carboxylic acids is 1. The summed E-state index contributed by atoms with van der Waals surface area (Å²) in [6, 6.07) is 7.54. The zero-order valence-corrected chi connectivity index (χ0v) is 11.2. The molecule has 0 aliphatic carbocycles. The van der Waals surface area contributed by atoms with Gasteiger partial charge in [-0.05, 0) is 6.92 Å². The molecule has 0 aliphatic heterocycles. The minimum Gasteiger partial charge on any atom is -0.481 e. The summed E-state index contributed by atoms with van der Waals surface area (Å²) in [4.78, 5) is 10.5. The van der Waals surface area contributed by atoms with E-state index < -0.39 is 5.97 Å². The molecular formula is C11H11N2O3S2+. The van der Waals surface area contributed by atoms with E-state index in [2.05, 4.69) is 4.49 Å². The normalized spacial score (nSPS) is 10.5. The van der Waals surface area contributed by atoms with Gasteiger partial charge in [0.25, 0.3) is 0 Å². The van der Waals surface area contributed by atoms with Crippen LogP contribution in [0.4, 0.5) is 0 Å². The van der Waals surface area contributed by atoms with Gasteiger partial charge in [0.05, 0.1) is 21.8 Å². The quantitative estimate of drug-likeness (QED) is 0.658. The van der Waals surface area contributed by atoms with Crippen LogP contribution < -0.4 is 4.68 Å². The van der Waals surface area contributed by atoms with Gasteiger partial charge in [0.1, 0.15) is 0 Å². The summed E-state index contributed by atoms with van der Waals surface area (Å²) in [5, 5.41) is 18.6. The maximum Gasteiger partial charge on any atom is 0.424 e. The number of aromatic hydroxyl groups is 1. The van der Waals surface area contributed by atoms with E-state index in [1.165, 1.54) is 4.68 Å². The van der Waals surface area contributed by atoms with E-state index in [0.717, 1.165) is 34.5 Å². The number of hydrogen-bond acceptors (Lipinski definition) is 5. The molecular weight excluding hydrogens is 272 g/mol. The lowest BCUT2D eigenvalue weighted by Crippen LogP contribution is -2.31. The van der Waals surface area contributed by atoms with Crippen LogP contribution in [0.5, 0.6) is 5.88 Å². The predicted octanol–water partition coefficient (Wildman–Crippen LogP) is 1.61. The van der Waals surface area contributed by atoms with E-state index in [0.29, 0.717) is 4.21 Å². The topological polar surface area (TPSA) is 74.3 Å².